The number of likely N-dealkylation sites (N-methyl/N-ethyl adjacent to an activating group) is 1. The van der Waals surface area contributed by atoms with Crippen LogP contribution in [0.4, 0.5) is 18.0 Å². The van der Waals surface area contributed by atoms with E-state index in [0.717, 1.165) is 6.42 Å². The predicted molar refractivity (Wildman–Crippen MR) is 143 cm³/mol. The molecular weight excluding hydrogens is 519 g/mol. The summed E-state index contributed by atoms with van der Waals surface area (Å²) in [5.41, 5.74) is -1.32. The number of rotatable bonds is 12. The Balaban J connectivity index is 1.70. The van der Waals surface area contributed by atoms with Crippen molar-refractivity contribution < 1.29 is 27.8 Å². The van der Waals surface area contributed by atoms with Gasteiger partial charge in [0.05, 0.1) is 10.6 Å². The average Bonchev–Trinajstić information content (AvgIpc) is 2.89. The van der Waals surface area contributed by atoms with Crippen LogP contribution in [0, 0.1) is 17.7 Å². The average molecular weight is 562 g/mol. The molecule has 1 aromatic carbocycles. The van der Waals surface area contributed by atoms with Crippen LogP contribution in [0.5, 0.6) is 0 Å². The molecule has 1 heterocycles. The summed E-state index contributed by atoms with van der Waals surface area (Å²) in [7, 11) is 3.42. The normalized spacial score (nSPS) is 22.6. The number of hydrogen-bond donors (Lipinski definition) is 3. The van der Waals surface area contributed by atoms with Gasteiger partial charge in [-0.25, -0.2) is 18.0 Å². The zero-order valence-electron chi connectivity index (χ0n) is 22.6. The monoisotopic (exact) mass is 561 g/mol. The lowest BCUT2D eigenvalue weighted by atomic mass is 9.74. The Morgan fingerprint density at radius 2 is 2.03 bits per heavy atom. The number of carbonyl (C=O) groups is 1. The number of methoxy groups -OCH3 is 1. The maximum atomic E-state index is 15.1. The number of unbranched alkanes of at least 4 members (excludes halogenated alkanes) is 1. The summed E-state index contributed by atoms with van der Waals surface area (Å²) < 4.78 is 47.5. The number of halogens is 4. The van der Waals surface area contributed by atoms with E-state index >= 15 is 4.39 Å². The number of hydrogen-bond acceptors (Lipinski definition) is 4. The van der Waals surface area contributed by atoms with Crippen molar-refractivity contribution in [1.82, 2.24) is 15.5 Å². The summed E-state index contributed by atoms with van der Waals surface area (Å²) in [5.74, 6) is -3.44. The van der Waals surface area contributed by atoms with Gasteiger partial charge in [-0.15, -0.1) is 0 Å². The standard InChI is InChI=1S/C28H43ClF3N3O3/c1-33-18-22(17-20-10-13-27(31,32)14-11-20)34-26(36)35-15-6-7-21(19-35)28(37,12-3-4-16-38-2)23-8-5-9-24(29)25(23)30/h5,8-9,20-22,33,37H,3-4,6-7,10-19H2,1-2H3,(H,34,36). The van der Waals surface area contributed by atoms with Gasteiger partial charge in [-0.1, -0.05) is 23.7 Å². The lowest BCUT2D eigenvalue weighted by Crippen LogP contribution is -2.54. The van der Waals surface area contributed by atoms with E-state index in [0.29, 0.717) is 64.6 Å². The number of aliphatic hydroxyl groups is 1. The molecule has 216 valence electrons. The molecule has 6 nitrogen and oxygen atoms in total. The Labute approximate surface area is 229 Å². The van der Waals surface area contributed by atoms with Gasteiger partial charge in [0.2, 0.25) is 5.92 Å². The minimum atomic E-state index is -2.58. The highest BCUT2D eigenvalue weighted by Gasteiger charge is 2.43. The molecule has 2 amide bonds. The van der Waals surface area contributed by atoms with Gasteiger partial charge in [0.25, 0.3) is 0 Å². The van der Waals surface area contributed by atoms with Gasteiger partial charge in [0.1, 0.15) is 5.82 Å². The topological polar surface area (TPSA) is 73.8 Å². The second-order valence-electron chi connectivity index (χ2n) is 11.0. The number of nitrogens with one attached hydrogen (secondary N) is 2. The third-order valence-corrected chi connectivity index (χ3v) is 8.48. The number of amides is 2. The van der Waals surface area contributed by atoms with Crippen LogP contribution in [0.1, 0.15) is 69.8 Å². The van der Waals surface area contributed by atoms with E-state index in [4.69, 9.17) is 16.3 Å². The van der Waals surface area contributed by atoms with Crippen molar-refractivity contribution in [2.24, 2.45) is 11.8 Å². The molecule has 0 aromatic heterocycles. The van der Waals surface area contributed by atoms with Crippen LogP contribution in [0.15, 0.2) is 18.2 Å². The largest absolute Gasteiger partial charge is 0.385 e. The Kier molecular flexibility index (Phi) is 11.6. The van der Waals surface area contributed by atoms with Crippen molar-refractivity contribution in [2.45, 2.75) is 81.8 Å². The second kappa shape index (κ2) is 14.2. The molecule has 3 unspecified atom stereocenters. The van der Waals surface area contributed by atoms with E-state index in [-0.39, 0.29) is 53.9 Å². The summed E-state index contributed by atoms with van der Waals surface area (Å²) >= 11 is 6.08. The first-order chi connectivity index (χ1) is 18.1. The van der Waals surface area contributed by atoms with Crippen LogP contribution >= 0.6 is 11.6 Å². The number of benzene rings is 1. The van der Waals surface area contributed by atoms with Gasteiger partial charge >= 0.3 is 6.03 Å². The Hall–Kier alpha value is -1.55. The first-order valence-electron chi connectivity index (χ1n) is 13.8. The maximum absolute atomic E-state index is 15.1. The lowest BCUT2D eigenvalue weighted by molar-refractivity contribution is -0.0589. The fourth-order valence-electron chi connectivity index (χ4n) is 6.03. The van der Waals surface area contributed by atoms with Crippen LogP contribution in [0.2, 0.25) is 5.02 Å². The number of carbonyl (C=O) groups excluding carboxylic acids is 1. The summed E-state index contributed by atoms with van der Waals surface area (Å²) in [4.78, 5) is 15.0. The first kappa shape index (κ1) is 31.0. The van der Waals surface area contributed by atoms with Crippen molar-refractivity contribution in [2.75, 3.05) is 40.4 Å². The molecule has 0 spiro atoms. The highest BCUT2D eigenvalue weighted by atomic mass is 35.5. The highest BCUT2D eigenvalue weighted by molar-refractivity contribution is 6.30. The molecule has 0 bridgehead atoms. The third-order valence-electron chi connectivity index (χ3n) is 8.19. The smallest absolute Gasteiger partial charge is 0.317 e. The van der Waals surface area contributed by atoms with Gasteiger partial charge in [0, 0.05) is 63.7 Å². The Morgan fingerprint density at radius 3 is 2.71 bits per heavy atom. The van der Waals surface area contributed by atoms with E-state index in [1.54, 1.807) is 31.2 Å². The Morgan fingerprint density at radius 1 is 1.29 bits per heavy atom. The molecule has 3 atom stereocenters. The van der Waals surface area contributed by atoms with E-state index in [9.17, 15) is 18.7 Å². The van der Waals surface area contributed by atoms with Crippen molar-refractivity contribution in [3.8, 4) is 0 Å². The fourth-order valence-corrected chi connectivity index (χ4v) is 6.21. The van der Waals surface area contributed by atoms with E-state index in [2.05, 4.69) is 10.6 Å². The molecule has 1 aromatic rings. The molecular formula is C28H43ClF3N3O3. The molecule has 1 aliphatic carbocycles. The van der Waals surface area contributed by atoms with Gasteiger partial charge in [-0.05, 0) is 70.4 Å². The zero-order chi connectivity index (χ0) is 27.8. The van der Waals surface area contributed by atoms with Crippen molar-refractivity contribution >= 4 is 17.6 Å². The molecule has 3 rings (SSSR count). The summed E-state index contributed by atoms with van der Waals surface area (Å²) in [6.45, 7) is 1.88. The first-order valence-corrected chi connectivity index (χ1v) is 14.2. The zero-order valence-corrected chi connectivity index (χ0v) is 23.3. The SMILES string of the molecule is CNCC(CC1CCC(F)(F)CC1)NC(=O)N1CCCC(C(O)(CCCCOC)c2cccc(Cl)c2F)C1. The lowest BCUT2D eigenvalue weighted by Gasteiger charge is -2.43. The van der Waals surface area contributed by atoms with Crippen molar-refractivity contribution in [1.29, 1.82) is 0 Å². The quantitative estimate of drug-likeness (QED) is 0.286. The fraction of sp³-hybridized carbons (Fsp3) is 0.750. The van der Waals surface area contributed by atoms with Gasteiger partial charge in [-0.2, -0.15) is 0 Å². The summed E-state index contributed by atoms with van der Waals surface area (Å²) in [6, 6.07) is 4.24. The number of urea groups is 1. The van der Waals surface area contributed by atoms with Crippen LogP contribution in [-0.2, 0) is 10.3 Å². The molecule has 10 heteroatoms. The van der Waals surface area contributed by atoms with E-state index < -0.39 is 17.3 Å². The number of likely N-dealkylation sites (tertiary alicyclic amines) is 1. The van der Waals surface area contributed by atoms with Crippen LogP contribution in [0.25, 0.3) is 0 Å². The summed E-state index contributed by atoms with van der Waals surface area (Å²) in [6.07, 6.45) is 4.33. The molecule has 1 saturated carbocycles. The van der Waals surface area contributed by atoms with Gasteiger partial charge in [-0.3, -0.25) is 0 Å². The molecule has 3 N–H and O–H groups in total. The molecule has 38 heavy (non-hydrogen) atoms. The second-order valence-corrected chi connectivity index (χ2v) is 11.4. The van der Waals surface area contributed by atoms with Crippen LogP contribution in [0.3, 0.4) is 0 Å². The molecule has 2 fully saturated rings. The van der Waals surface area contributed by atoms with Crippen molar-refractivity contribution in [3.05, 3.63) is 34.6 Å². The third kappa shape index (κ3) is 8.23. The minimum absolute atomic E-state index is 0.0430. The molecule has 1 aliphatic heterocycles. The number of alkyl halides is 2. The van der Waals surface area contributed by atoms with Gasteiger partial charge in [0.15, 0.2) is 0 Å². The van der Waals surface area contributed by atoms with Gasteiger partial charge < -0.3 is 25.4 Å². The number of piperidine rings is 1. The molecule has 0 radical (unpaired) electrons. The number of nitrogens with zero attached hydrogens (tertiary/aromatic N) is 1. The highest BCUT2D eigenvalue weighted by Crippen LogP contribution is 2.42. The van der Waals surface area contributed by atoms with Crippen molar-refractivity contribution in [3.63, 3.8) is 0 Å². The van der Waals surface area contributed by atoms with Crippen LogP contribution < -0.4 is 10.6 Å². The minimum Gasteiger partial charge on any atom is -0.385 e. The van der Waals surface area contributed by atoms with E-state index in [1.165, 1.54) is 6.07 Å². The van der Waals surface area contributed by atoms with E-state index in [1.807, 2.05) is 0 Å². The molecule has 2 aliphatic rings. The van der Waals surface area contributed by atoms with Crippen LogP contribution in [-0.4, -0.2) is 68.4 Å². The maximum Gasteiger partial charge on any atom is 0.317 e. The molecule has 1 saturated heterocycles. The predicted octanol–water partition coefficient (Wildman–Crippen LogP) is 5.71. The number of ether oxygens (including phenoxy) is 1. The Bertz CT molecular complexity index is 899. The summed E-state index contributed by atoms with van der Waals surface area (Å²) in [5, 5.41) is 18.1.